The van der Waals surface area contributed by atoms with Crippen molar-refractivity contribution in [1.29, 1.82) is 0 Å². The number of halogens is 2. The SMILES string of the molecule is Nc1ccc(CCNC(=O)c2cccn2CC(F)F)cc1. The van der Waals surface area contributed by atoms with Crippen LogP contribution in [0.2, 0.25) is 0 Å². The number of nitrogen functional groups attached to an aromatic ring is 1. The number of alkyl halides is 2. The molecule has 0 saturated heterocycles. The monoisotopic (exact) mass is 293 g/mol. The van der Waals surface area contributed by atoms with Crippen LogP contribution in [0.4, 0.5) is 14.5 Å². The molecule has 1 aromatic heterocycles. The molecule has 0 atom stereocenters. The Hall–Kier alpha value is -2.37. The molecule has 1 aromatic carbocycles. The second kappa shape index (κ2) is 6.88. The van der Waals surface area contributed by atoms with Gasteiger partial charge in [-0.05, 0) is 36.2 Å². The van der Waals surface area contributed by atoms with E-state index in [1.807, 2.05) is 12.1 Å². The summed E-state index contributed by atoms with van der Waals surface area (Å²) < 4.78 is 26.0. The van der Waals surface area contributed by atoms with Crippen LogP contribution in [-0.4, -0.2) is 23.4 Å². The lowest BCUT2D eigenvalue weighted by atomic mass is 10.1. The van der Waals surface area contributed by atoms with Gasteiger partial charge in [0.05, 0.1) is 6.54 Å². The lowest BCUT2D eigenvalue weighted by molar-refractivity contribution is 0.0931. The van der Waals surface area contributed by atoms with Crippen molar-refractivity contribution in [3.63, 3.8) is 0 Å². The van der Waals surface area contributed by atoms with Crippen molar-refractivity contribution in [2.45, 2.75) is 19.4 Å². The molecule has 0 radical (unpaired) electrons. The van der Waals surface area contributed by atoms with Crippen molar-refractivity contribution in [3.8, 4) is 0 Å². The number of amides is 1. The Kier molecular flexibility index (Phi) is 4.92. The maximum absolute atomic E-state index is 12.4. The van der Waals surface area contributed by atoms with Gasteiger partial charge in [-0.2, -0.15) is 0 Å². The highest BCUT2D eigenvalue weighted by molar-refractivity contribution is 5.92. The van der Waals surface area contributed by atoms with Crippen molar-refractivity contribution < 1.29 is 13.6 Å². The maximum Gasteiger partial charge on any atom is 0.267 e. The Labute approximate surface area is 121 Å². The molecule has 6 heteroatoms. The van der Waals surface area contributed by atoms with Crippen molar-refractivity contribution in [3.05, 3.63) is 53.9 Å². The molecule has 0 aliphatic carbocycles. The van der Waals surface area contributed by atoms with E-state index >= 15 is 0 Å². The highest BCUT2D eigenvalue weighted by Crippen LogP contribution is 2.07. The van der Waals surface area contributed by atoms with E-state index in [0.29, 0.717) is 18.7 Å². The third kappa shape index (κ3) is 4.30. The predicted octanol–water partition coefficient (Wildman–Crippen LogP) is 2.31. The summed E-state index contributed by atoms with van der Waals surface area (Å²) in [6.07, 6.45) is -0.360. The van der Waals surface area contributed by atoms with Gasteiger partial charge in [0.1, 0.15) is 5.69 Å². The van der Waals surface area contributed by atoms with Crippen LogP contribution >= 0.6 is 0 Å². The predicted molar refractivity (Wildman–Crippen MR) is 77.3 cm³/mol. The average Bonchev–Trinajstić information content (AvgIpc) is 2.88. The second-order valence-electron chi connectivity index (χ2n) is 4.68. The molecule has 4 nitrogen and oxygen atoms in total. The van der Waals surface area contributed by atoms with E-state index in [0.717, 1.165) is 5.56 Å². The minimum atomic E-state index is -2.49. The number of nitrogens with two attached hydrogens (primary N) is 1. The number of benzene rings is 1. The van der Waals surface area contributed by atoms with E-state index < -0.39 is 13.0 Å². The lowest BCUT2D eigenvalue weighted by Gasteiger charge is -2.09. The standard InChI is InChI=1S/C15H17F2N3O/c16-14(17)10-20-9-1-2-13(20)15(21)19-8-7-11-3-5-12(18)6-4-11/h1-6,9,14H,7-8,10,18H2,(H,19,21). The molecule has 21 heavy (non-hydrogen) atoms. The minimum Gasteiger partial charge on any atom is -0.399 e. The first-order valence-corrected chi connectivity index (χ1v) is 6.62. The van der Waals surface area contributed by atoms with Crippen LogP contribution in [0.15, 0.2) is 42.6 Å². The van der Waals surface area contributed by atoms with Crippen LogP contribution in [0.25, 0.3) is 0 Å². The molecule has 0 saturated carbocycles. The summed E-state index contributed by atoms with van der Waals surface area (Å²) >= 11 is 0. The number of nitrogens with one attached hydrogen (secondary N) is 1. The molecule has 0 unspecified atom stereocenters. The number of hydrogen-bond donors (Lipinski definition) is 2. The molecular weight excluding hydrogens is 276 g/mol. The lowest BCUT2D eigenvalue weighted by Crippen LogP contribution is -2.28. The number of hydrogen-bond acceptors (Lipinski definition) is 2. The quantitative estimate of drug-likeness (QED) is 0.803. The largest absolute Gasteiger partial charge is 0.399 e. The van der Waals surface area contributed by atoms with Crippen molar-refractivity contribution >= 4 is 11.6 Å². The number of carbonyl (C=O) groups is 1. The number of anilines is 1. The molecule has 0 aliphatic heterocycles. The summed E-state index contributed by atoms with van der Waals surface area (Å²) in [5.41, 5.74) is 7.57. The van der Waals surface area contributed by atoms with E-state index in [4.69, 9.17) is 5.73 Å². The minimum absolute atomic E-state index is 0.243. The molecule has 2 aromatic rings. The molecule has 0 bridgehead atoms. The van der Waals surface area contributed by atoms with Gasteiger partial charge in [0, 0.05) is 18.4 Å². The van der Waals surface area contributed by atoms with Gasteiger partial charge < -0.3 is 15.6 Å². The van der Waals surface area contributed by atoms with Crippen LogP contribution in [0.5, 0.6) is 0 Å². The number of nitrogens with zero attached hydrogens (tertiary/aromatic N) is 1. The molecule has 0 fully saturated rings. The highest BCUT2D eigenvalue weighted by Gasteiger charge is 2.13. The molecule has 1 amide bonds. The zero-order valence-electron chi connectivity index (χ0n) is 11.4. The van der Waals surface area contributed by atoms with E-state index in [-0.39, 0.29) is 11.6 Å². The zero-order valence-corrected chi connectivity index (χ0v) is 11.4. The number of carbonyl (C=O) groups excluding carboxylic acids is 1. The first kappa shape index (κ1) is 15.0. The summed E-state index contributed by atoms with van der Waals surface area (Å²) in [5, 5.41) is 2.73. The fourth-order valence-corrected chi connectivity index (χ4v) is 2.02. The molecule has 0 aliphatic rings. The Morgan fingerprint density at radius 2 is 1.95 bits per heavy atom. The van der Waals surface area contributed by atoms with Crippen LogP contribution in [0, 0.1) is 0 Å². The number of rotatable bonds is 6. The Bertz CT molecular complexity index is 593. The smallest absolute Gasteiger partial charge is 0.267 e. The summed E-state index contributed by atoms with van der Waals surface area (Å²) in [6, 6.07) is 10.5. The normalized spacial score (nSPS) is 10.8. The van der Waals surface area contributed by atoms with Gasteiger partial charge in [-0.1, -0.05) is 12.1 Å². The second-order valence-corrected chi connectivity index (χ2v) is 4.68. The fourth-order valence-electron chi connectivity index (χ4n) is 2.02. The van der Waals surface area contributed by atoms with Crippen LogP contribution in [0.1, 0.15) is 16.1 Å². The van der Waals surface area contributed by atoms with E-state index in [2.05, 4.69) is 5.32 Å². The van der Waals surface area contributed by atoms with Crippen LogP contribution < -0.4 is 11.1 Å². The number of aromatic nitrogens is 1. The Morgan fingerprint density at radius 1 is 1.24 bits per heavy atom. The maximum atomic E-state index is 12.4. The van der Waals surface area contributed by atoms with Gasteiger partial charge in [-0.3, -0.25) is 4.79 Å². The summed E-state index contributed by atoms with van der Waals surface area (Å²) in [4.78, 5) is 12.0. The van der Waals surface area contributed by atoms with Gasteiger partial charge >= 0.3 is 0 Å². The van der Waals surface area contributed by atoms with E-state index in [9.17, 15) is 13.6 Å². The topological polar surface area (TPSA) is 60.0 Å². The average molecular weight is 293 g/mol. The molecule has 0 spiro atoms. The summed E-state index contributed by atoms with van der Waals surface area (Å²) in [5.74, 6) is -0.351. The van der Waals surface area contributed by atoms with Gasteiger partial charge in [0.25, 0.3) is 12.3 Å². The third-order valence-corrected chi connectivity index (χ3v) is 3.08. The summed E-state index contributed by atoms with van der Waals surface area (Å²) in [6.45, 7) is -0.0453. The van der Waals surface area contributed by atoms with Gasteiger partial charge in [-0.25, -0.2) is 8.78 Å². The van der Waals surface area contributed by atoms with E-state index in [1.165, 1.54) is 16.8 Å². The first-order chi connectivity index (χ1) is 10.1. The Morgan fingerprint density at radius 3 is 2.62 bits per heavy atom. The van der Waals surface area contributed by atoms with Gasteiger partial charge in [0.2, 0.25) is 0 Å². The molecule has 112 valence electrons. The van der Waals surface area contributed by atoms with Crippen LogP contribution in [-0.2, 0) is 13.0 Å². The van der Waals surface area contributed by atoms with Crippen LogP contribution in [0.3, 0.4) is 0 Å². The third-order valence-electron chi connectivity index (χ3n) is 3.08. The molecule has 2 rings (SSSR count). The fraction of sp³-hybridized carbons (Fsp3) is 0.267. The molecular formula is C15H17F2N3O. The van der Waals surface area contributed by atoms with Gasteiger partial charge in [0.15, 0.2) is 0 Å². The summed E-state index contributed by atoms with van der Waals surface area (Å²) in [7, 11) is 0. The highest BCUT2D eigenvalue weighted by atomic mass is 19.3. The van der Waals surface area contributed by atoms with Gasteiger partial charge in [-0.15, -0.1) is 0 Å². The van der Waals surface area contributed by atoms with Crippen molar-refractivity contribution in [2.75, 3.05) is 12.3 Å². The Balaban J connectivity index is 1.87. The zero-order chi connectivity index (χ0) is 15.2. The molecule has 3 N–H and O–H groups in total. The van der Waals surface area contributed by atoms with E-state index in [1.54, 1.807) is 18.2 Å². The first-order valence-electron chi connectivity index (χ1n) is 6.62. The molecule has 1 heterocycles. The van der Waals surface area contributed by atoms with Crippen molar-refractivity contribution in [1.82, 2.24) is 9.88 Å². The van der Waals surface area contributed by atoms with Crippen molar-refractivity contribution in [2.24, 2.45) is 0 Å².